The van der Waals surface area contributed by atoms with Crippen molar-refractivity contribution >= 4 is 17.6 Å². The quantitative estimate of drug-likeness (QED) is 0.884. The highest BCUT2D eigenvalue weighted by Gasteiger charge is 2.28. The highest BCUT2D eigenvalue weighted by molar-refractivity contribution is 6.04. The van der Waals surface area contributed by atoms with Crippen LogP contribution in [0.15, 0.2) is 42.7 Å². The summed E-state index contributed by atoms with van der Waals surface area (Å²) in [5, 5.41) is 2.89. The van der Waals surface area contributed by atoms with Gasteiger partial charge in [0.05, 0.1) is 5.56 Å². The number of fused-ring (bicyclic) bond motifs is 1. The molecule has 0 radical (unpaired) electrons. The molecular weight excluding hydrogens is 280 g/mol. The summed E-state index contributed by atoms with van der Waals surface area (Å²) >= 11 is 0. The molecule has 2 aromatic rings. The number of ether oxygens (including phenoxy) is 1. The van der Waals surface area contributed by atoms with Crippen LogP contribution in [0.2, 0.25) is 0 Å². The van der Waals surface area contributed by atoms with Crippen molar-refractivity contribution in [3.8, 4) is 0 Å². The number of nitrogens with one attached hydrogen (secondary N) is 1. The van der Waals surface area contributed by atoms with Crippen molar-refractivity contribution in [3.63, 3.8) is 0 Å². The molecule has 5 heteroatoms. The van der Waals surface area contributed by atoms with Gasteiger partial charge in [-0.05, 0) is 36.6 Å². The molecule has 0 fully saturated rings. The standard InChI is InChI=1S/C17H16N2O3/c1-11(20)22-15-8-7-12-4-2-6-14(16(12)15)19-17(21)13-5-3-9-18-10-13/h2-6,9-10,15H,7-8H2,1H3,(H,19,21). The number of amides is 1. The Morgan fingerprint density at radius 1 is 1.27 bits per heavy atom. The fourth-order valence-electron chi connectivity index (χ4n) is 2.76. The Labute approximate surface area is 128 Å². The van der Waals surface area contributed by atoms with Gasteiger partial charge in [0.15, 0.2) is 0 Å². The largest absolute Gasteiger partial charge is 0.458 e. The molecule has 1 aliphatic rings. The number of anilines is 1. The lowest BCUT2D eigenvalue weighted by molar-refractivity contribution is -0.146. The fourth-order valence-corrected chi connectivity index (χ4v) is 2.76. The molecule has 1 aromatic carbocycles. The van der Waals surface area contributed by atoms with Gasteiger partial charge in [-0.3, -0.25) is 14.6 Å². The fraction of sp³-hybridized carbons (Fsp3) is 0.235. The van der Waals surface area contributed by atoms with Crippen molar-refractivity contribution in [2.45, 2.75) is 25.9 Å². The first-order valence-electron chi connectivity index (χ1n) is 7.15. The van der Waals surface area contributed by atoms with Crippen LogP contribution in [0.25, 0.3) is 0 Å². The number of pyridine rings is 1. The minimum Gasteiger partial charge on any atom is -0.458 e. The summed E-state index contributed by atoms with van der Waals surface area (Å²) in [5.74, 6) is -0.541. The van der Waals surface area contributed by atoms with Gasteiger partial charge >= 0.3 is 5.97 Å². The first-order chi connectivity index (χ1) is 10.6. The zero-order valence-electron chi connectivity index (χ0n) is 12.2. The van der Waals surface area contributed by atoms with Gasteiger partial charge < -0.3 is 10.1 Å². The molecule has 1 amide bonds. The molecule has 0 spiro atoms. The smallest absolute Gasteiger partial charge is 0.303 e. The van der Waals surface area contributed by atoms with Crippen LogP contribution in [0.3, 0.4) is 0 Å². The Balaban J connectivity index is 1.88. The predicted molar refractivity (Wildman–Crippen MR) is 81.5 cm³/mol. The third-order valence-corrected chi connectivity index (χ3v) is 3.67. The van der Waals surface area contributed by atoms with Gasteiger partial charge in [0.25, 0.3) is 5.91 Å². The van der Waals surface area contributed by atoms with Crippen molar-refractivity contribution < 1.29 is 14.3 Å². The number of esters is 1. The summed E-state index contributed by atoms with van der Waals surface area (Å²) in [5.41, 5.74) is 3.18. The molecular formula is C17H16N2O3. The summed E-state index contributed by atoms with van der Waals surface area (Å²) in [7, 11) is 0. The second-order valence-corrected chi connectivity index (χ2v) is 5.21. The number of hydrogen-bond donors (Lipinski definition) is 1. The van der Waals surface area contributed by atoms with Crippen LogP contribution in [-0.4, -0.2) is 16.9 Å². The molecule has 1 atom stereocenters. The zero-order valence-corrected chi connectivity index (χ0v) is 12.2. The maximum Gasteiger partial charge on any atom is 0.303 e. The molecule has 5 nitrogen and oxygen atoms in total. The molecule has 0 saturated heterocycles. The van der Waals surface area contributed by atoms with Crippen molar-refractivity contribution in [1.29, 1.82) is 0 Å². The lowest BCUT2D eigenvalue weighted by Gasteiger charge is -2.16. The van der Waals surface area contributed by atoms with Gasteiger partial charge in [0, 0.05) is 30.6 Å². The van der Waals surface area contributed by atoms with Gasteiger partial charge in [-0.25, -0.2) is 0 Å². The molecule has 1 unspecified atom stereocenters. The lowest BCUT2D eigenvalue weighted by Crippen LogP contribution is -2.15. The Hall–Kier alpha value is -2.69. The Morgan fingerprint density at radius 2 is 2.14 bits per heavy atom. The van der Waals surface area contributed by atoms with Crippen LogP contribution in [0, 0.1) is 0 Å². The van der Waals surface area contributed by atoms with E-state index in [1.807, 2.05) is 18.2 Å². The van der Waals surface area contributed by atoms with Gasteiger partial charge in [0.2, 0.25) is 0 Å². The van der Waals surface area contributed by atoms with Gasteiger partial charge in [0.1, 0.15) is 6.10 Å². The van der Waals surface area contributed by atoms with Crippen molar-refractivity contribution in [2.75, 3.05) is 5.32 Å². The van der Waals surface area contributed by atoms with Crippen LogP contribution in [0.5, 0.6) is 0 Å². The lowest BCUT2D eigenvalue weighted by atomic mass is 10.1. The van der Waals surface area contributed by atoms with Crippen molar-refractivity contribution in [1.82, 2.24) is 4.98 Å². The summed E-state index contributed by atoms with van der Waals surface area (Å²) in [6.07, 6.45) is 4.42. The van der Waals surface area contributed by atoms with Crippen molar-refractivity contribution in [2.24, 2.45) is 0 Å². The van der Waals surface area contributed by atoms with Crippen LogP contribution in [0.4, 0.5) is 5.69 Å². The topological polar surface area (TPSA) is 68.3 Å². The molecule has 1 aliphatic carbocycles. The van der Waals surface area contributed by atoms with E-state index in [4.69, 9.17) is 4.74 Å². The molecule has 0 aliphatic heterocycles. The summed E-state index contributed by atoms with van der Waals surface area (Å²) in [6.45, 7) is 1.40. The number of benzene rings is 1. The van der Waals surface area contributed by atoms with Gasteiger partial charge in [-0.2, -0.15) is 0 Å². The van der Waals surface area contributed by atoms with E-state index in [1.54, 1.807) is 18.3 Å². The maximum atomic E-state index is 12.3. The SMILES string of the molecule is CC(=O)OC1CCc2cccc(NC(=O)c3cccnc3)c21. The minimum atomic E-state index is -0.314. The minimum absolute atomic E-state index is 0.227. The number of aromatic nitrogens is 1. The molecule has 1 N–H and O–H groups in total. The zero-order chi connectivity index (χ0) is 15.5. The summed E-state index contributed by atoms with van der Waals surface area (Å²) in [4.78, 5) is 27.5. The first kappa shape index (κ1) is 14.3. The third kappa shape index (κ3) is 2.83. The van der Waals surface area contributed by atoms with Crippen LogP contribution >= 0.6 is 0 Å². The Kier molecular flexibility index (Phi) is 3.87. The molecule has 1 heterocycles. The number of hydrogen-bond acceptors (Lipinski definition) is 4. The monoisotopic (exact) mass is 296 g/mol. The number of carbonyl (C=O) groups excluding carboxylic acids is 2. The van der Waals surface area contributed by atoms with E-state index in [9.17, 15) is 9.59 Å². The summed E-state index contributed by atoms with van der Waals surface area (Å²) < 4.78 is 5.36. The normalized spacial score (nSPS) is 16.0. The van der Waals surface area contributed by atoms with E-state index in [0.29, 0.717) is 11.3 Å². The average molecular weight is 296 g/mol. The third-order valence-electron chi connectivity index (χ3n) is 3.67. The van der Waals surface area contributed by atoms with Gasteiger partial charge in [-0.15, -0.1) is 0 Å². The average Bonchev–Trinajstić information content (AvgIpc) is 2.91. The predicted octanol–water partition coefficient (Wildman–Crippen LogP) is 2.88. The molecule has 112 valence electrons. The Bertz CT molecular complexity index is 713. The first-order valence-corrected chi connectivity index (χ1v) is 7.15. The van der Waals surface area contributed by atoms with Crippen molar-refractivity contribution in [3.05, 3.63) is 59.4 Å². The highest BCUT2D eigenvalue weighted by Crippen LogP contribution is 2.39. The van der Waals surface area contributed by atoms with E-state index in [2.05, 4.69) is 10.3 Å². The van der Waals surface area contributed by atoms with E-state index < -0.39 is 0 Å². The van der Waals surface area contributed by atoms with Crippen LogP contribution in [-0.2, 0) is 16.0 Å². The number of carbonyl (C=O) groups is 2. The van der Waals surface area contributed by atoms with Gasteiger partial charge in [-0.1, -0.05) is 12.1 Å². The van der Waals surface area contributed by atoms with Crippen LogP contribution in [0.1, 0.15) is 40.9 Å². The molecule has 3 rings (SSSR count). The van der Waals surface area contributed by atoms with E-state index in [1.165, 1.54) is 13.1 Å². The highest BCUT2D eigenvalue weighted by atomic mass is 16.5. The molecule has 0 bridgehead atoms. The second-order valence-electron chi connectivity index (χ2n) is 5.21. The second kappa shape index (κ2) is 5.97. The maximum absolute atomic E-state index is 12.3. The number of aryl methyl sites for hydroxylation is 1. The van der Waals surface area contributed by atoms with Crippen LogP contribution < -0.4 is 5.32 Å². The number of rotatable bonds is 3. The van der Waals surface area contributed by atoms with E-state index >= 15 is 0 Å². The molecule has 1 aromatic heterocycles. The summed E-state index contributed by atoms with van der Waals surface area (Å²) in [6, 6.07) is 9.14. The molecule has 22 heavy (non-hydrogen) atoms. The molecule has 0 saturated carbocycles. The Morgan fingerprint density at radius 3 is 2.86 bits per heavy atom. The van der Waals surface area contributed by atoms with E-state index in [-0.39, 0.29) is 18.0 Å². The van der Waals surface area contributed by atoms with E-state index in [0.717, 1.165) is 24.0 Å². The number of nitrogens with zero attached hydrogens (tertiary/aromatic N) is 1.